The van der Waals surface area contributed by atoms with Gasteiger partial charge < -0.3 is 14.9 Å². The molecule has 0 saturated carbocycles. The third-order valence-electron chi connectivity index (χ3n) is 1.38. The first-order valence-corrected chi connectivity index (χ1v) is 4.00. The van der Waals surface area contributed by atoms with Gasteiger partial charge in [0.15, 0.2) is 5.79 Å². The molecular weight excluding hydrogens is 144 g/mol. The summed E-state index contributed by atoms with van der Waals surface area (Å²) in [5.41, 5.74) is 0. The van der Waals surface area contributed by atoms with E-state index in [-0.39, 0.29) is 6.10 Å². The van der Waals surface area contributed by atoms with Crippen LogP contribution in [0.25, 0.3) is 0 Å². The maximum absolute atomic E-state index is 9.10. The molecule has 0 bridgehead atoms. The van der Waals surface area contributed by atoms with Crippen molar-refractivity contribution in [2.75, 3.05) is 6.61 Å². The second-order valence-corrected chi connectivity index (χ2v) is 3.15. The van der Waals surface area contributed by atoms with Gasteiger partial charge in [0.25, 0.3) is 0 Å². The lowest BCUT2D eigenvalue weighted by Gasteiger charge is -2.18. The quantitative estimate of drug-likeness (QED) is 0.590. The van der Waals surface area contributed by atoms with Crippen molar-refractivity contribution >= 4 is 0 Å². The van der Waals surface area contributed by atoms with E-state index in [1.54, 1.807) is 13.8 Å². The van der Waals surface area contributed by atoms with Gasteiger partial charge in [-0.1, -0.05) is 6.92 Å². The summed E-state index contributed by atoms with van der Waals surface area (Å²) in [6.07, 6.45) is 1.01. The fourth-order valence-corrected chi connectivity index (χ4v) is 0.649. The van der Waals surface area contributed by atoms with Crippen molar-refractivity contribution in [2.45, 2.75) is 45.5 Å². The molecule has 0 aromatic rings. The Balaban J connectivity index is 3.28. The zero-order valence-electron chi connectivity index (χ0n) is 7.50. The van der Waals surface area contributed by atoms with Gasteiger partial charge in [0, 0.05) is 0 Å². The van der Waals surface area contributed by atoms with E-state index in [4.69, 9.17) is 14.9 Å². The fraction of sp³-hybridized carbons (Fsp3) is 1.00. The molecule has 0 fully saturated rings. The van der Waals surface area contributed by atoms with Crippen molar-refractivity contribution in [3.63, 3.8) is 0 Å². The maximum atomic E-state index is 9.10. The van der Waals surface area contributed by atoms with E-state index in [1.807, 2.05) is 6.92 Å². The number of aliphatic hydroxyl groups is 2. The first kappa shape index (κ1) is 10.9. The van der Waals surface area contributed by atoms with Crippen molar-refractivity contribution in [3.8, 4) is 0 Å². The molecule has 3 nitrogen and oxygen atoms in total. The first-order chi connectivity index (χ1) is 4.95. The average Bonchev–Trinajstić information content (AvgIpc) is 1.85. The average molecular weight is 162 g/mol. The van der Waals surface area contributed by atoms with E-state index < -0.39 is 5.79 Å². The minimum atomic E-state index is -1.08. The van der Waals surface area contributed by atoms with E-state index in [1.165, 1.54) is 0 Å². The zero-order chi connectivity index (χ0) is 8.91. The number of ether oxygens (including phenoxy) is 1. The molecule has 68 valence electrons. The lowest BCUT2D eigenvalue weighted by molar-refractivity contribution is -0.179. The highest BCUT2D eigenvalue weighted by molar-refractivity contribution is 4.53. The highest BCUT2D eigenvalue weighted by Crippen LogP contribution is 2.05. The SMILES string of the molecule is CC[C@H](O)CCOC(C)(C)O. The number of aliphatic hydroxyl groups excluding tert-OH is 1. The third-order valence-corrected chi connectivity index (χ3v) is 1.38. The summed E-state index contributed by atoms with van der Waals surface area (Å²) in [6, 6.07) is 0. The summed E-state index contributed by atoms with van der Waals surface area (Å²) in [5.74, 6) is -1.08. The molecule has 0 aromatic carbocycles. The van der Waals surface area contributed by atoms with Crippen LogP contribution in [0.5, 0.6) is 0 Å². The van der Waals surface area contributed by atoms with Gasteiger partial charge in [-0.3, -0.25) is 0 Å². The zero-order valence-corrected chi connectivity index (χ0v) is 7.50. The molecule has 0 spiro atoms. The van der Waals surface area contributed by atoms with E-state index in [9.17, 15) is 0 Å². The molecule has 0 aromatic heterocycles. The van der Waals surface area contributed by atoms with Gasteiger partial charge in [0.2, 0.25) is 0 Å². The van der Waals surface area contributed by atoms with Crippen LogP contribution in [0, 0.1) is 0 Å². The lowest BCUT2D eigenvalue weighted by atomic mass is 10.2. The Kier molecular flexibility index (Phi) is 4.65. The molecule has 0 rings (SSSR count). The van der Waals surface area contributed by atoms with Crippen LogP contribution in [-0.4, -0.2) is 28.7 Å². The maximum Gasteiger partial charge on any atom is 0.159 e. The lowest BCUT2D eigenvalue weighted by Crippen LogP contribution is -2.25. The third kappa shape index (κ3) is 7.78. The number of rotatable bonds is 5. The Morgan fingerprint density at radius 2 is 2.00 bits per heavy atom. The topological polar surface area (TPSA) is 49.7 Å². The predicted molar refractivity (Wildman–Crippen MR) is 43.2 cm³/mol. The van der Waals surface area contributed by atoms with Crippen molar-refractivity contribution < 1.29 is 14.9 Å². The first-order valence-electron chi connectivity index (χ1n) is 4.00. The summed E-state index contributed by atoms with van der Waals surface area (Å²) >= 11 is 0. The predicted octanol–water partition coefficient (Wildman–Crippen LogP) is 0.892. The van der Waals surface area contributed by atoms with Crippen LogP contribution < -0.4 is 0 Å². The van der Waals surface area contributed by atoms with E-state index in [0.717, 1.165) is 6.42 Å². The Morgan fingerprint density at radius 1 is 1.45 bits per heavy atom. The largest absolute Gasteiger partial charge is 0.393 e. The second kappa shape index (κ2) is 4.70. The highest BCUT2D eigenvalue weighted by Gasteiger charge is 2.12. The van der Waals surface area contributed by atoms with Gasteiger partial charge in [-0.05, 0) is 26.7 Å². The molecular formula is C8H18O3. The molecule has 0 unspecified atom stereocenters. The standard InChI is InChI=1S/C8H18O3/c1-4-7(9)5-6-11-8(2,3)10/h7,9-10H,4-6H2,1-3H3/t7-/m0/s1. The normalized spacial score (nSPS) is 15.0. The van der Waals surface area contributed by atoms with Gasteiger partial charge in [-0.25, -0.2) is 0 Å². The smallest absolute Gasteiger partial charge is 0.159 e. The summed E-state index contributed by atoms with van der Waals surface area (Å²) in [5, 5.41) is 18.2. The van der Waals surface area contributed by atoms with Gasteiger partial charge in [0.1, 0.15) is 0 Å². The van der Waals surface area contributed by atoms with E-state index >= 15 is 0 Å². The van der Waals surface area contributed by atoms with Crippen molar-refractivity contribution in [1.29, 1.82) is 0 Å². The minimum Gasteiger partial charge on any atom is -0.393 e. The molecule has 3 heteroatoms. The van der Waals surface area contributed by atoms with E-state index in [2.05, 4.69) is 0 Å². The van der Waals surface area contributed by atoms with E-state index in [0.29, 0.717) is 13.0 Å². The highest BCUT2D eigenvalue weighted by atomic mass is 16.6. The molecule has 0 radical (unpaired) electrons. The molecule has 0 heterocycles. The summed E-state index contributed by atoms with van der Waals surface area (Å²) < 4.78 is 5.00. The monoisotopic (exact) mass is 162 g/mol. The molecule has 0 amide bonds. The summed E-state index contributed by atoms with van der Waals surface area (Å²) in [7, 11) is 0. The van der Waals surface area contributed by atoms with Crippen LogP contribution in [0.3, 0.4) is 0 Å². The molecule has 0 aliphatic carbocycles. The summed E-state index contributed by atoms with van der Waals surface area (Å²) in [4.78, 5) is 0. The number of hydrogen-bond acceptors (Lipinski definition) is 3. The molecule has 1 atom stereocenters. The minimum absolute atomic E-state index is 0.308. The van der Waals surface area contributed by atoms with Crippen LogP contribution in [0.1, 0.15) is 33.6 Å². The van der Waals surface area contributed by atoms with Crippen LogP contribution in [0.2, 0.25) is 0 Å². The molecule has 2 N–H and O–H groups in total. The number of hydrogen-bond donors (Lipinski definition) is 2. The Morgan fingerprint density at radius 3 is 2.36 bits per heavy atom. The fourth-order valence-electron chi connectivity index (χ4n) is 0.649. The molecule has 0 aliphatic rings. The second-order valence-electron chi connectivity index (χ2n) is 3.15. The molecule has 0 saturated heterocycles. The van der Waals surface area contributed by atoms with Crippen molar-refractivity contribution in [2.24, 2.45) is 0 Å². The van der Waals surface area contributed by atoms with Crippen LogP contribution >= 0.6 is 0 Å². The van der Waals surface area contributed by atoms with Gasteiger partial charge in [0.05, 0.1) is 12.7 Å². The van der Waals surface area contributed by atoms with Crippen molar-refractivity contribution in [3.05, 3.63) is 0 Å². The Labute approximate surface area is 68.0 Å². The van der Waals surface area contributed by atoms with Gasteiger partial charge >= 0.3 is 0 Å². The van der Waals surface area contributed by atoms with Crippen LogP contribution in [0.15, 0.2) is 0 Å². The van der Waals surface area contributed by atoms with Crippen LogP contribution in [-0.2, 0) is 4.74 Å². The van der Waals surface area contributed by atoms with Crippen molar-refractivity contribution in [1.82, 2.24) is 0 Å². The van der Waals surface area contributed by atoms with Gasteiger partial charge in [-0.15, -0.1) is 0 Å². The van der Waals surface area contributed by atoms with Crippen LogP contribution in [0.4, 0.5) is 0 Å². The van der Waals surface area contributed by atoms with Gasteiger partial charge in [-0.2, -0.15) is 0 Å². The molecule has 0 aliphatic heterocycles. The summed E-state index contributed by atoms with van der Waals surface area (Å²) in [6.45, 7) is 5.46. The molecule has 11 heavy (non-hydrogen) atoms. The Bertz CT molecular complexity index is 96.0. The Hall–Kier alpha value is -0.120.